The smallest absolute Gasteiger partial charge is 0.261 e. The quantitative estimate of drug-likeness (QED) is 0.922. The Kier molecular flexibility index (Phi) is 4.83. The van der Waals surface area contributed by atoms with Crippen molar-refractivity contribution in [2.45, 2.75) is 39.5 Å². The fraction of sp³-hybridized carbons (Fsp3) is 0.444. The van der Waals surface area contributed by atoms with Crippen LogP contribution in [0.1, 0.15) is 48.0 Å². The Labute approximate surface area is 140 Å². The van der Waals surface area contributed by atoms with Gasteiger partial charge in [0.1, 0.15) is 17.1 Å². The Bertz CT molecular complexity index is 736. The molecule has 0 bridgehead atoms. The molecule has 1 aliphatic rings. The van der Waals surface area contributed by atoms with Gasteiger partial charge in [-0.25, -0.2) is 4.39 Å². The number of amides is 1. The number of halogens is 1. The second kappa shape index (κ2) is 7.03. The number of carbonyl (C=O) groups excluding carboxylic acids is 1. The van der Waals surface area contributed by atoms with Gasteiger partial charge >= 0.3 is 0 Å². The number of piperidine rings is 1. The zero-order valence-corrected chi connectivity index (χ0v) is 14.1. The van der Waals surface area contributed by atoms with E-state index in [1.54, 1.807) is 13.0 Å². The van der Waals surface area contributed by atoms with Crippen LogP contribution in [0.4, 0.5) is 15.8 Å². The Morgan fingerprint density at radius 3 is 2.79 bits per heavy atom. The van der Waals surface area contributed by atoms with Gasteiger partial charge in [-0.05, 0) is 50.8 Å². The van der Waals surface area contributed by atoms with E-state index in [4.69, 9.17) is 4.52 Å². The maximum Gasteiger partial charge on any atom is 0.261 e. The molecule has 0 radical (unpaired) electrons. The van der Waals surface area contributed by atoms with Crippen LogP contribution >= 0.6 is 0 Å². The molecule has 1 aromatic heterocycles. The van der Waals surface area contributed by atoms with Crippen molar-refractivity contribution in [1.29, 1.82) is 0 Å². The molecule has 1 fully saturated rings. The highest BCUT2D eigenvalue weighted by atomic mass is 19.1. The topological polar surface area (TPSA) is 58.4 Å². The van der Waals surface area contributed by atoms with Crippen LogP contribution < -0.4 is 10.2 Å². The number of nitrogens with one attached hydrogen (secondary N) is 1. The molecule has 128 valence electrons. The van der Waals surface area contributed by atoms with E-state index in [9.17, 15) is 9.18 Å². The van der Waals surface area contributed by atoms with E-state index < -0.39 is 0 Å². The molecule has 2 aromatic rings. The molecule has 0 atom stereocenters. The van der Waals surface area contributed by atoms with E-state index in [1.165, 1.54) is 18.6 Å². The second-order valence-electron chi connectivity index (χ2n) is 6.08. The Morgan fingerprint density at radius 2 is 2.08 bits per heavy atom. The first-order chi connectivity index (χ1) is 11.6. The van der Waals surface area contributed by atoms with Gasteiger partial charge in [-0.3, -0.25) is 4.79 Å². The molecule has 1 saturated heterocycles. The van der Waals surface area contributed by atoms with Gasteiger partial charge in [-0.1, -0.05) is 12.1 Å². The lowest BCUT2D eigenvalue weighted by atomic mass is 10.1. The van der Waals surface area contributed by atoms with Crippen molar-refractivity contribution in [2.75, 3.05) is 23.3 Å². The predicted molar refractivity (Wildman–Crippen MR) is 91.0 cm³/mol. The average molecular weight is 331 g/mol. The highest BCUT2D eigenvalue weighted by Crippen LogP contribution is 2.30. The number of aromatic nitrogens is 1. The molecule has 1 aromatic carbocycles. The van der Waals surface area contributed by atoms with E-state index in [0.717, 1.165) is 31.6 Å². The summed E-state index contributed by atoms with van der Waals surface area (Å²) in [4.78, 5) is 14.9. The lowest BCUT2D eigenvalue weighted by molar-refractivity contribution is 0.102. The van der Waals surface area contributed by atoms with Crippen molar-refractivity contribution in [3.8, 4) is 0 Å². The van der Waals surface area contributed by atoms with Crippen molar-refractivity contribution < 1.29 is 13.7 Å². The van der Waals surface area contributed by atoms with E-state index in [0.29, 0.717) is 29.1 Å². The summed E-state index contributed by atoms with van der Waals surface area (Å²) in [5.74, 6) is -0.210. The summed E-state index contributed by atoms with van der Waals surface area (Å²) in [5.41, 5.74) is 2.40. The molecule has 0 unspecified atom stereocenters. The first-order valence-electron chi connectivity index (χ1n) is 8.41. The number of hydrogen-bond acceptors (Lipinski definition) is 4. The number of aryl methyl sites for hydroxylation is 2. The van der Waals surface area contributed by atoms with Gasteiger partial charge in [0.05, 0.1) is 17.1 Å². The van der Waals surface area contributed by atoms with Crippen LogP contribution in [0.15, 0.2) is 22.7 Å². The van der Waals surface area contributed by atoms with E-state index in [2.05, 4.69) is 15.4 Å². The molecular weight excluding hydrogens is 309 g/mol. The zero-order valence-electron chi connectivity index (χ0n) is 14.1. The molecule has 1 N–H and O–H groups in total. The van der Waals surface area contributed by atoms with Crippen molar-refractivity contribution in [1.82, 2.24) is 5.16 Å². The molecule has 3 rings (SSSR count). The van der Waals surface area contributed by atoms with Gasteiger partial charge in [-0.2, -0.15) is 0 Å². The summed E-state index contributed by atoms with van der Waals surface area (Å²) in [7, 11) is 0. The molecule has 6 heteroatoms. The fourth-order valence-electron chi connectivity index (χ4n) is 3.15. The molecule has 0 saturated carbocycles. The summed E-state index contributed by atoms with van der Waals surface area (Å²) in [6.07, 6.45) is 4.02. The number of carbonyl (C=O) groups is 1. The third-order valence-electron chi connectivity index (χ3n) is 4.40. The summed E-state index contributed by atoms with van der Waals surface area (Å²) in [6, 6.07) is 4.54. The van der Waals surface area contributed by atoms with Gasteiger partial charge in [-0.15, -0.1) is 0 Å². The minimum absolute atomic E-state index is 0.311. The number of nitrogens with zero attached hydrogens (tertiary/aromatic N) is 2. The van der Waals surface area contributed by atoms with E-state index >= 15 is 0 Å². The molecule has 0 aliphatic carbocycles. The molecule has 24 heavy (non-hydrogen) atoms. The van der Waals surface area contributed by atoms with Gasteiger partial charge < -0.3 is 14.7 Å². The highest BCUT2D eigenvalue weighted by Gasteiger charge is 2.22. The number of anilines is 2. The lowest BCUT2D eigenvalue weighted by Crippen LogP contribution is -2.30. The summed E-state index contributed by atoms with van der Waals surface area (Å²) < 4.78 is 18.9. The van der Waals surface area contributed by atoms with Crippen LogP contribution in [0.2, 0.25) is 0 Å². The van der Waals surface area contributed by atoms with Crippen LogP contribution in [0.25, 0.3) is 0 Å². The number of rotatable bonds is 4. The maximum absolute atomic E-state index is 13.7. The molecule has 2 heterocycles. The summed E-state index contributed by atoms with van der Waals surface area (Å²) in [5, 5.41) is 6.75. The van der Waals surface area contributed by atoms with Crippen molar-refractivity contribution in [2.24, 2.45) is 0 Å². The van der Waals surface area contributed by atoms with Gasteiger partial charge in [0.15, 0.2) is 0 Å². The van der Waals surface area contributed by atoms with Gasteiger partial charge in [0.2, 0.25) is 0 Å². The van der Waals surface area contributed by atoms with Crippen molar-refractivity contribution in [3.05, 3.63) is 41.0 Å². The van der Waals surface area contributed by atoms with Gasteiger partial charge in [0.25, 0.3) is 5.91 Å². The van der Waals surface area contributed by atoms with Crippen LogP contribution in [-0.2, 0) is 6.42 Å². The minimum atomic E-state index is -0.371. The normalized spacial score (nSPS) is 14.7. The minimum Gasteiger partial charge on any atom is -0.370 e. The van der Waals surface area contributed by atoms with Crippen molar-refractivity contribution in [3.63, 3.8) is 0 Å². The largest absolute Gasteiger partial charge is 0.370 e. The standard InChI is InChI=1S/C18H22FN3O2/c1-3-14-17(12(2)24-21-14)18(23)20-15-11-13(19)7-8-16(15)22-9-5-4-6-10-22/h7-8,11H,3-6,9-10H2,1-2H3,(H,20,23). The highest BCUT2D eigenvalue weighted by molar-refractivity contribution is 6.07. The van der Waals surface area contributed by atoms with E-state index in [1.807, 2.05) is 6.92 Å². The summed E-state index contributed by atoms with van der Waals surface area (Å²) in [6.45, 7) is 5.45. The molecule has 0 spiro atoms. The average Bonchev–Trinajstić information content (AvgIpc) is 2.96. The molecular formula is C18H22FN3O2. The Hall–Kier alpha value is -2.37. The zero-order chi connectivity index (χ0) is 17.1. The van der Waals surface area contributed by atoms with Crippen molar-refractivity contribution >= 4 is 17.3 Å². The third-order valence-corrected chi connectivity index (χ3v) is 4.40. The lowest BCUT2D eigenvalue weighted by Gasteiger charge is -2.30. The Balaban J connectivity index is 1.90. The Morgan fingerprint density at radius 1 is 1.33 bits per heavy atom. The van der Waals surface area contributed by atoms with Crippen LogP contribution in [0, 0.1) is 12.7 Å². The predicted octanol–water partition coefficient (Wildman–Crippen LogP) is 3.93. The maximum atomic E-state index is 13.7. The third kappa shape index (κ3) is 3.27. The molecule has 1 amide bonds. The molecule has 1 aliphatic heterocycles. The second-order valence-corrected chi connectivity index (χ2v) is 6.08. The monoisotopic (exact) mass is 331 g/mol. The van der Waals surface area contributed by atoms with Crippen LogP contribution in [0.5, 0.6) is 0 Å². The number of benzene rings is 1. The van der Waals surface area contributed by atoms with Gasteiger partial charge in [0, 0.05) is 13.1 Å². The summed E-state index contributed by atoms with van der Waals surface area (Å²) >= 11 is 0. The number of hydrogen-bond donors (Lipinski definition) is 1. The van der Waals surface area contributed by atoms with Crippen LogP contribution in [0.3, 0.4) is 0 Å². The van der Waals surface area contributed by atoms with Crippen LogP contribution in [-0.4, -0.2) is 24.2 Å². The first kappa shape index (κ1) is 16.5. The van der Waals surface area contributed by atoms with E-state index in [-0.39, 0.29) is 11.7 Å². The fourth-order valence-corrected chi connectivity index (χ4v) is 3.15. The molecule has 5 nitrogen and oxygen atoms in total. The SMILES string of the molecule is CCc1noc(C)c1C(=O)Nc1cc(F)ccc1N1CCCCC1. The first-order valence-corrected chi connectivity index (χ1v) is 8.41.